The molecule has 0 aliphatic carbocycles. The Kier molecular flexibility index (Phi) is 9.50. The van der Waals surface area contributed by atoms with Gasteiger partial charge in [0, 0.05) is 31.1 Å². The summed E-state index contributed by atoms with van der Waals surface area (Å²) in [6.45, 7) is 6.29. The van der Waals surface area contributed by atoms with E-state index < -0.39 is 24.0 Å². The van der Waals surface area contributed by atoms with Crippen LogP contribution < -0.4 is 5.32 Å². The largest absolute Gasteiger partial charge is 0.406 e. The number of aliphatic hydroxyl groups excluding tert-OH is 1. The lowest BCUT2D eigenvalue weighted by Gasteiger charge is -2.41. The molecule has 4 heterocycles. The zero-order valence-electron chi connectivity index (χ0n) is 25.1. The second kappa shape index (κ2) is 13.2. The van der Waals surface area contributed by atoms with Crippen molar-refractivity contribution < 1.29 is 22.7 Å². The second-order valence-corrected chi connectivity index (χ2v) is 12.3. The standard InChI is InChI=1S/C33H38F4N6O/c1-32(2,21-38)31-6-5-25(19-40-31)39-11-3-4-27-18-29-23(16-24(34)17-30(29)43(27)22-33(35,36)37)20-41-12-7-26(8-13-41)42-14-9-28(44)10-15-42/h5-6,16-19,26,28,39,44H,7-15,20,22H2,1-2H3. The van der Waals surface area contributed by atoms with Gasteiger partial charge in [0.05, 0.1) is 52.9 Å². The fourth-order valence-electron chi connectivity index (χ4n) is 6.12. The van der Waals surface area contributed by atoms with E-state index in [1.54, 1.807) is 38.2 Å². The van der Waals surface area contributed by atoms with Gasteiger partial charge in [-0.1, -0.05) is 5.92 Å². The van der Waals surface area contributed by atoms with E-state index in [0.29, 0.717) is 34.9 Å². The molecule has 1 aromatic carbocycles. The van der Waals surface area contributed by atoms with E-state index in [4.69, 9.17) is 0 Å². The molecule has 0 unspecified atom stereocenters. The molecule has 2 aliphatic heterocycles. The lowest BCUT2D eigenvalue weighted by atomic mass is 9.91. The number of halogens is 4. The van der Waals surface area contributed by atoms with Gasteiger partial charge in [0.25, 0.3) is 0 Å². The minimum atomic E-state index is -4.51. The number of fused-ring (bicyclic) bond motifs is 1. The highest BCUT2D eigenvalue weighted by atomic mass is 19.4. The molecule has 2 N–H and O–H groups in total. The minimum Gasteiger partial charge on any atom is -0.393 e. The Bertz CT molecular complexity index is 1550. The summed E-state index contributed by atoms with van der Waals surface area (Å²) in [5.41, 5.74) is 1.56. The summed E-state index contributed by atoms with van der Waals surface area (Å²) < 4.78 is 56.8. The molecule has 0 radical (unpaired) electrons. The third-order valence-electron chi connectivity index (χ3n) is 8.66. The number of nitriles is 1. The van der Waals surface area contributed by atoms with E-state index in [-0.39, 0.29) is 23.9 Å². The van der Waals surface area contributed by atoms with Gasteiger partial charge in [-0.25, -0.2) is 4.39 Å². The van der Waals surface area contributed by atoms with E-state index in [1.807, 2.05) is 0 Å². The average molecular weight is 611 g/mol. The maximum Gasteiger partial charge on any atom is 0.406 e. The third-order valence-corrected chi connectivity index (χ3v) is 8.66. The molecule has 0 bridgehead atoms. The molecule has 0 saturated carbocycles. The topological polar surface area (TPSA) is 80.4 Å². The fourth-order valence-corrected chi connectivity index (χ4v) is 6.12. The summed E-state index contributed by atoms with van der Waals surface area (Å²) in [6, 6.07) is 10.4. The van der Waals surface area contributed by atoms with Crippen molar-refractivity contribution in [2.45, 2.75) is 76.4 Å². The first kappa shape index (κ1) is 31.8. The maximum absolute atomic E-state index is 14.8. The van der Waals surface area contributed by atoms with Gasteiger partial charge in [0.2, 0.25) is 0 Å². The molecular weight excluding hydrogens is 572 g/mol. The van der Waals surface area contributed by atoms with Crippen LogP contribution in [-0.2, 0) is 18.5 Å². The summed E-state index contributed by atoms with van der Waals surface area (Å²) >= 11 is 0. The Morgan fingerprint density at radius 2 is 1.77 bits per heavy atom. The van der Waals surface area contributed by atoms with Gasteiger partial charge in [0.1, 0.15) is 12.4 Å². The van der Waals surface area contributed by atoms with Crippen LogP contribution in [0.15, 0.2) is 36.5 Å². The van der Waals surface area contributed by atoms with Gasteiger partial charge in [-0.3, -0.25) is 9.88 Å². The van der Waals surface area contributed by atoms with Crippen LogP contribution >= 0.6 is 0 Å². The zero-order chi connectivity index (χ0) is 31.5. The van der Waals surface area contributed by atoms with Crippen LogP contribution in [0, 0.1) is 29.0 Å². The van der Waals surface area contributed by atoms with Crippen molar-refractivity contribution in [3.63, 3.8) is 0 Å². The highest BCUT2D eigenvalue weighted by Gasteiger charge is 2.31. The van der Waals surface area contributed by atoms with E-state index in [1.165, 1.54) is 6.07 Å². The first-order chi connectivity index (χ1) is 20.9. The maximum atomic E-state index is 14.8. The van der Waals surface area contributed by atoms with Crippen LogP contribution in [0.5, 0.6) is 0 Å². The lowest BCUT2D eigenvalue weighted by molar-refractivity contribution is -0.140. The first-order valence-electron chi connectivity index (χ1n) is 15.1. The van der Waals surface area contributed by atoms with Gasteiger partial charge in [-0.2, -0.15) is 18.4 Å². The van der Waals surface area contributed by atoms with E-state index in [0.717, 1.165) is 62.5 Å². The summed E-state index contributed by atoms with van der Waals surface area (Å²) in [5, 5.41) is 22.8. The number of likely N-dealkylation sites (tertiary alicyclic amines) is 2. The number of nitrogens with zero attached hydrogens (tertiary/aromatic N) is 5. The zero-order valence-corrected chi connectivity index (χ0v) is 25.1. The molecule has 2 aromatic heterocycles. The van der Waals surface area contributed by atoms with Crippen LogP contribution in [-0.4, -0.2) is 75.5 Å². The van der Waals surface area contributed by atoms with Crippen LogP contribution in [0.1, 0.15) is 56.5 Å². The number of aromatic nitrogens is 2. The van der Waals surface area contributed by atoms with Crippen molar-refractivity contribution >= 4 is 16.6 Å². The number of aliphatic hydroxyl groups is 1. The Morgan fingerprint density at radius 1 is 1.05 bits per heavy atom. The highest BCUT2D eigenvalue weighted by molar-refractivity contribution is 5.86. The van der Waals surface area contributed by atoms with Crippen molar-refractivity contribution in [1.82, 2.24) is 19.4 Å². The van der Waals surface area contributed by atoms with Crippen molar-refractivity contribution in [3.8, 4) is 17.9 Å². The molecule has 2 aliphatic rings. The van der Waals surface area contributed by atoms with Gasteiger partial charge in [0.15, 0.2) is 0 Å². The number of pyridine rings is 1. The molecule has 0 spiro atoms. The number of anilines is 1. The molecule has 2 fully saturated rings. The predicted molar refractivity (Wildman–Crippen MR) is 161 cm³/mol. The molecule has 5 rings (SSSR count). The number of alkyl halides is 3. The Labute approximate surface area is 255 Å². The number of hydrogen-bond acceptors (Lipinski definition) is 6. The molecule has 2 saturated heterocycles. The Hall–Kier alpha value is -3.64. The third kappa shape index (κ3) is 7.71. The molecule has 234 valence electrons. The molecule has 0 atom stereocenters. The van der Waals surface area contributed by atoms with E-state index in [2.05, 4.69) is 38.0 Å². The first-order valence-corrected chi connectivity index (χ1v) is 15.1. The molecule has 3 aromatic rings. The van der Waals surface area contributed by atoms with E-state index in [9.17, 15) is 27.9 Å². The number of benzene rings is 1. The number of nitrogens with one attached hydrogen (secondary N) is 1. The van der Waals surface area contributed by atoms with Crippen molar-refractivity contribution in [2.24, 2.45) is 0 Å². The Morgan fingerprint density at radius 3 is 2.41 bits per heavy atom. The quantitative estimate of drug-likeness (QED) is 0.275. The Balaban J connectivity index is 1.31. The fraction of sp³-hybridized carbons (Fsp3) is 0.515. The van der Waals surface area contributed by atoms with Crippen LogP contribution in [0.3, 0.4) is 0 Å². The van der Waals surface area contributed by atoms with Gasteiger partial charge >= 0.3 is 6.18 Å². The average Bonchev–Trinajstić information content (AvgIpc) is 3.32. The predicted octanol–water partition coefficient (Wildman–Crippen LogP) is 5.42. The summed E-state index contributed by atoms with van der Waals surface area (Å²) in [6.07, 6.45) is 0.377. The molecule has 44 heavy (non-hydrogen) atoms. The molecular formula is C33H38F4N6O. The van der Waals surface area contributed by atoms with Crippen LogP contribution in [0.4, 0.5) is 23.2 Å². The highest BCUT2D eigenvalue weighted by Crippen LogP contribution is 2.30. The number of hydrogen-bond donors (Lipinski definition) is 2. The minimum absolute atomic E-state index is 0.155. The molecule has 11 heteroatoms. The summed E-state index contributed by atoms with van der Waals surface area (Å²) in [4.78, 5) is 9.00. The molecule has 0 amide bonds. The summed E-state index contributed by atoms with van der Waals surface area (Å²) in [7, 11) is 0. The number of rotatable bonds is 7. The molecule has 7 nitrogen and oxygen atoms in total. The monoisotopic (exact) mass is 610 g/mol. The van der Waals surface area contributed by atoms with Crippen molar-refractivity contribution in [2.75, 3.05) is 38.0 Å². The number of piperidine rings is 2. The normalized spacial score (nSPS) is 17.8. The SMILES string of the molecule is CC(C)(C#N)c1ccc(NCC#Cc2cc3c(CN4CCC(N5CCC(O)CC5)CC4)cc(F)cc3n2CC(F)(F)F)cn1. The van der Waals surface area contributed by atoms with Crippen LogP contribution in [0.2, 0.25) is 0 Å². The smallest absolute Gasteiger partial charge is 0.393 e. The van der Waals surface area contributed by atoms with E-state index >= 15 is 0 Å². The van der Waals surface area contributed by atoms with Crippen molar-refractivity contribution in [1.29, 1.82) is 5.26 Å². The van der Waals surface area contributed by atoms with Gasteiger partial charge < -0.3 is 19.9 Å². The van der Waals surface area contributed by atoms with Crippen LogP contribution in [0.25, 0.3) is 10.9 Å². The summed E-state index contributed by atoms with van der Waals surface area (Å²) in [5.74, 6) is 5.18. The van der Waals surface area contributed by atoms with Gasteiger partial charge in [-0.05, 0) is 94.4 Å². The van der Waals surface area contributed by atoms with Gasteiger partial charge in [-0.15, -0.1) is 0 Å². The second-order valence-electron chi connectivity index (χ2n) is 12.3. The van der Waals surface area contributed by atoms with Crippen molar-refractivity contribution in [3.05, 3.63) is 59.3 Å². The lowest BCUT2D eigenvalue weighted by Crippen LogP contribution is -2.48.